The van der Waals surface area contributed by atoms with E-state index in [2.05, 4.69) is 42.4 Å². The number of nitrogens with one attached hydrogen (secondary N) is 1. The van der Waals surface area contributed by atoms with Gasteiger partial charge in [-0.25, -0.2) is 0 Å². The molecule has 1 aliphatic carbocycles. The Balaban J connectivity index is 1.44. The molecule has 1 heterocycles. The van der Waals surface area contributed by atoms with E-state index in [0.717, 1.165) is 18.4 Å². The summed E-state index contributed by atoms with van der Waals surface area (Å²) >= 11 is 0. The Kier molecular flexibility index (Phi) is 4.84. The molecular weight excluding hydrogens is 256 g/mol. The molecule has 1 aromatic carbocycles. The standard InChI is InChI=1S/C19H30N2/c1-3-15-4-6-16(7-5-15)13-20-14-17-8-9-19-18(12-17)10-11-21(19)2/h8-9,12,15-16,20H,3-7,10-11,13-14H2,1-2H3. The first-order valence-electron chi connectivity index (χ1n) is 8.80. The van der Waals surface area contributed by atoms with Crippen LogP contribution in [-0.4, -0.2) is 20.1 Å². The zero-order valence-corrected chi connectivity index (χ0v) is 13.7. The Hall–Kier alpha value is -1.02. The second-order valence-corrected chi connectivity index (χ2v) is 7.06. The van der Waals surface area contributed by atoms with E-state index in [-0.39, 0.29) is 0 Å². The predicted molar refractivity (Wildman–Crippen MR) is 90.9 cm³/mol. The summed E-state index contributed by atoms with van der Waals surface area (Å²) in [7, 11) is 2.19. The second kappa shape index (κ2) is 6.83. The molecule has 0 saturated heterocycles. The summed E-state index contributed by atoms with van der Waals surface area (Å²) < 4.78 is 0. The van der Waals surface area contributed by atoms with Crippen LogP contribution in [0.2, 0.25) is 0 Å². The van der Waals surface area contributed by atoms with Gasteiger partial charge in [-0.3, -0.25) is 0 Å². The zero-order valence-electron chi connectivity index (χ0n) is 13.7. The maximum Gasteiger partial charge on any atom is 0.0397 e. The summed E-state index contributed by atoms with van der Waals surface area (Å²) in [5.41, 5.74) is 4.41. The van der Waals surface area contributed by atoms with Gasteiger partial charge in [0, 0.05) is 25.8 Å². The van der Waals surface area contributed by atoms with Gasteiger partial charge < -0.3 is 10.2 Å². The molecule has 116 valence electrons. The van der Waals surface area contributed by atoms with Crippen molar-refractivity contribution in [2.45, 2.75) is 52.0 Å². The molecule has 0 unspecified atom stereocenters. The van der Waals surface area contributed by atoms with Crippen LogP contribution in [0.1, 0.15) is 50.2 Å². The van der Waals surface area contributed by atoms with Crippen LogP contribution in [0.25, 0.3) is 0 Å². The van der Waals surface area contributed by atoms with Gasteiger partial charge in [0.1, 0.15) is 0 Å². The van der Waals surface area contributed by atoms with Crippen LogP contribution in [-0.2, 0) is 13.0 Å². The Morgan fingerprint density at radius 2 is 1.90 bits per heavy atom. The van der Waals surface area contributed by atoms with E-state index in [4.69, 9.17) is 0 Å². The molecule has 1 fully saturated rings. The van der Waals surface area contributed by atoms with Crippen LogP contribution >= 0.6 is 0 Å². The molecule has 1 aromatic rings. The van der Waals surface area contributed by atoms with E-state index in [0.29, 0.717) is 0 Å². The number of likely N-dealkylation sites (N-methyl/N-ethyl adjacent to an activating group) is 1. The Labute approximate surface area is 129 Å². The molecular formula is C19H30N2. The smallest absolute Gasteiger partial charge is 0.0397 e. The maximum atomic E-state index is 3.69. The Morgan fingerprint density at radius 3 is 2.67 bits per heavy atom. The van der Waals surface area contributed by atoms with Gasteiger partial charge in [-0.05, 0) is 54.8 Å². The first-order valence-corrected chi connectivity index (χ1v) is 8.80. The van der Waals surface area contributed by atoms with Gasteiger partial charge in [-0.1, -0.05) is 38.3 Å². The van der Waals surface area contributed by atoms with Gasteiger partial charge >= 0.3 is 0 Å². The van der Waals surface area contributed by atoms with Crippen molar-refractivity contribution in [2.75, 3.05) is 25.0 Å². The summed E-state index contributed by atoms with van der Waals surface area (Å²) in [5, 5.41) is 3.69. The minimum Gasteiger partial charge on any atom is -0.374 e. The van der Waals surface area contributed by atoms with Crippen molar-refractivity contribution >= 4 is 5.69 Å². The van der Waals surface area contributed by atoms with Crippen LogP contribution in [0.3, 0.4) is 0 Å². The molecule has 0 amide bonds. The van der Waals surface area contributed by atoms with Gasteiger partial charge in [0.15, 0.2) is 0 Å². The number of hydrogen-bond donors (Lipinski definition) is 1. The number of nitrogens with zero attached hydrogens (tertiary/aromatic N) is 1. The van der Waals surface area contributed by atoms with Crippen LogP contribution in [0.15, 0.2) is 18.2 Å². The molecule has 1 saturated carbocycles. The Bertz CT molecular complexity index is 461. The predicted octanol–water partition coefficient (Wildman–Crippen LogP) is 3.98. The zero-order chi connectivity index (χ0) is 14.7. The van der Waals surface area contributed by atoms with Crippen molar-refractivity contribution in [3.63, 3.8) is 0 Å². The highest BCUT2D eigenvalue weighted by atomic mass is 15.1. The molecule has 0 radical (unpaired) electrons. The lowest BCUT2D eigenvalue weighted by molar-refractivity contribution is 0.262. The Morgan fingerprint density at radius 1 is 1.14 bits per heavy atom. The maximum absolute atomic E-state index is 3.69. The van der Waals surface area contributed by atoms with Crippen molar-refractivity contribution in [3.05, 3.63) is 29.3 Å². The topological polar surface area (TPSA) is 15.3 Å². The minimum absolute atomic E-state index is 0.911. The van der Waals surface area contributed by atoms with E-state index in [1.807, 2.05) is 0 Å². The van der Waals surface area contributed by atoms with Crippen LogP contribution < -0.4 is 10.2 Å². The van der Waals surface area contributed by atoms with Crippen molar-refractivity contribution in [1.82, 2.24) is 5.32 Å². The number of rotatable bonds is 5. The lowest BCUT2D eigenvalue weighted by Gasteiger charge is -2.28. The van der Waals surface area contributed by atoms with Crippen molar-refractivity contribution < 1.29 is 0 Å². The molecule has 0 atom stereocenters. The first-order chi connectivity index (χ1) is 10.3. The van der Waals surface area contributed by atoms with E-state index < -0.39 is 0 Å². The number of hydrogen-bond acceptors (Lipinski definition) is 2. The first kappa shape index (κ1) is 14.9. The molecule has 21 heavy (non-hydrogen) atoms. The highest BCUT2D eigenvalue weighted by molar-refractivity contribution is 5.58. The van der Waals surface area contributed by atoms with Crippen LogP contribution in [0, 0.1) is 11.8 Å². The average molecular weight is 286 g/mol. The summed E-state index contributed by atoms with van der Waals surface area (Å²) in [4.78, 5) is 2.36. The highest BCUT2D eigenvalue weighted by Crippen LogP contribution is 2.30. The van der Waals surface area contributed by atoms with Gasteiger partial charge in [0.05, 0.1) is 0 Å². The summed E-state index contributed by atoms with van der Waals surface area (Å²) in [6, 6.07) is 6.99. The third-order valence-corrected chi connectivity index (χ3v) is 5.58. The van der Waals surface area contributed by atoms with Gasteiger partial charge in [0.25, 0.3) is 0 Å². The molecule has 0 spiro atoms. The lowest BCUT2D eigenvalue weighted by atomic mass is 9.81. The molecule has 0 aromatic heterocycles. The van der Waals surface area contributed by atoms with Crippen LogP contribution in [0.5, 0.6) is 0 Å². The minimum atomic E-state index is 0.911. The third kappa shape index (κ3) is 3.60. The fourth-order valence-electron chi connectivity index (χ4n) is 3.99. The van der Waals surface area contributed by atoms with Crippen molar-refractivity contribution in [3.8, 4) is 0 Å². The average Bonchev–Trinajstić information content (AvgIpc) is 2.89. The van der Waals surface area contributed by atoms with E-state index >= 15 is 0 Å². The molecule has 3 rings (SSSR count). The number of anilines is 1. The fourth-order valence-corrected chi connectivity index (χ4v) is 3.99. The number of benzene rings is 1. The summed E-state index contributed by atoms with van der Waals surface area (Å²) in [6.45, 7) is 5.75. The molecule has 2 heteroatoms. The van der Waals surface area contributed by atoms with Gasteiger partial charge in [-0.15, -0.1) is 0 Å². The molecule has 2 aliphatic rings. The molecule has 0 bridgehead atoms. The third-order valence-electron chi connectivity index (χ3n) is 5.58. The van der Waals surface area contributed by atoms with Gasteiger partial charge in [0.2, 0.25) is 0 Å². The molecule has 1 N–H and O–H groups in total. The van der Waals surface area contributed by atoms with Gasteiger partial charge in [-0.2, -0.15) is 0 Å². The quantitative estimate of drug-likeness (QED) is 0.880. The molecule has 2 nitrogen and oxygen atoms in total. The fraction of sp³-hybridized carbons (Fsp3) is 0.684. The summed E-state index contributed by atoms with van der Waals surface area (Å²) in [6.07, 6.45) is 8.35. The SMILES string of the molecule is CCC1CCC(CNCc2ccc3c(c2)CCN3C)CC1. The number of fused-ring (bicyclic) bond motifs is 1. The highest BCUT2D eigenvalue weighted by Gasteiger charge is 2.19. The molecule has 1 aliphatic heterocycles. The lowest BCUT2D eigenvalue weighted by Crippen LogP contribution is -2.26. The normalized spacial score (nSPS) is 25.1. The van der Waals surface area contributed by atoms with E-state index in [1.165, 1.54) is 68.4 Å². The van der Waals surface area contributed by atoms with Crippen LogP contribution in [0.4, 0.5) is 5.69 Å². The second-order valence-electron chi connectivity index (χ2n) is 7.06. The van der Waals surface area contributed by atoms with E-state index in [1.54, 1.807) is 0 Å². The van der Waals surface area contributed by atoms with E-state index in [9.17, 15) is 0 Å². The largest absolute Gasteiger partial charge is 0.374 e. The monoisotopic (exact) mass is 286 g/mol. The van der Waals surface area contributed by atoms with Crippen molar-refractivity contribution in [2.24, 2.45) is 11.8 Å². The summed E-state index contributed by atoms with van der Waals surface area (Å²) in [5.74, 6) is 1.92. The van der Waals surface area contributed by atoms with Crippen molar-refractivity contribution in [1.29, 1.82) is 0 Å².